The highest BCUT2D eigenvalue weighted by Gasteiger charge is 2.27. The van der Waals surface area contributed by atoms with E-state index >= 15 is 4.39 Å². The van der Waals surface area contributed by atoms with Crippen molar-refractivity contribution in [3.05, 3.63) is 48.3 Å². The van der Waals surface area contributed by atoms with Crippen molar-refractivity contribution in [2.45, 2.75) is 17.4 Å². The number of H-pyrrole nitrogens is 1. The maximum atomic E-state index is 15.2. The number of para-hydroxylation sites is 1. The topological polar surface area (TPSA) is 76.6 Å². The molecule has 1 saturated heterocycles. The molecule has 1 atom stereocenters. The molecular formula is C20H22FN3O3S. The van der Waals surface area contributed by atoms with Crippen LogP contribution in [0.5, 0.6) is 0 Å². The molecule has 2 heterocycles. The lowest BCUT2D eigenvalue weighted by Crippen LogP contribution is -2.24. The molecule has 4 rings (SSSR count). The number of aromatic amines is 1. The van der Waals surface area contributed by atoms with Crippen LogP contribution in [0, 0.1) is 5.82 Å². The summed E-state index contributed by atoms with van der Waals surface area (Å²) in [5.41, 5.74) is 2.04. The van der Waals surface area contributed by atoms with Crippen LogP contribution in [-0.2, 0) is 10.0 Å². The number of halogens is 1. The highest BCUT2D eigenvalue weighted by molar-refractivity contribution is 7.89. The molecule has 2 aromatic carbocycles. The lowest BCUT2D eigenvalue weighted by Gasteiger charge is -2.22. The second-order valence-electron chi connectivity index (χ2n) is 7.21. The Morgan fingerprint density at radius 3 is 2.61 bits per heavy atom. The number of rotatable bonds is 4. The standard InChI is InChI=1S/C20H22FN3O3S/c1-23(2)28(26,27)14-7-8-18(24-10-9-13(25)12-24)16(11-14)20-19(21)15-5-3-4-6-17(15)22-20/h3-8,11,13,22,25H,9-10,12H2,1-2H3. The second-order valence-corrected chi connectivity index (χ2v) is 9.37. The van der Waals surface area contributed by atoms with E-state index in [9.17, 15) is 13.5 Å². The molecule has 0 radical (unpaired) electrons. The summed E-state index contributed by atoms with van der Waals surface area (Å²) in [6.07, 6.45) is 0.164. The zero-order chi connectivity index (χ0) is 20.1. The van der Waals surface area contributed by atoms with Gasteiger partial charge in [-0.3, -0.25) is 0 Å². The summed E-state index contributed by atoms with van der Waals surface area (Å²) in [5.74, 6) is -0.420. The molecule has 0 spiro atoms. The third-order valence-corrected chi connectivity index (χ3v) is 6.97. The first kappa shape index (κ1) is 18.9. The lowest BCUT2D eigenvalue weighted by atomic mass is 10.1. The Morgan fingerprint density at radius 1 is 1.21 bits per heavy atom. The first-order chi connectivity index (χ1) is 13.3. The van der Waals surface area contributed by atoms with Crippen molar-refractivity contribution < 1.29 is 17.9 Å². The lowest BCUT2D eigenvalue weighted by molar-refractivity contribution is 0.198. The summed E-state index contributed by atoms with van der Waals surface area (Å²) in [6, 6.07) is 11.8. The largest absolute Gasteiger partial charge is 0.391 e. The quantitative estimate of drug-likeness (QED) is 0.702. The van der Waals surface area contributed by atoms with Crippen LogP contribution >= 0.6 is 0 Å². The van der Waals surface area contributed by atoms with Crippen molar-refractivity contribution in [1.82, 2.24) is 9.29 Å². The predicted octanol–water partition coefficient (Wildman–Crippen LogP) is 2.80. The second kappa shape index (κ2) is 6.88. The van der Waals surface area contributed by atoms with Crippen molar-refractivity contribution >= 4 is 26.6 Å². The van der Waals surface area contributed by atoms with Gasteiger partial charge in [0.05, 0.1) is 16.7 Å². The summed E-state index contributed by atoms with van der Waals surface area (Å²) >= 11 is 0. The van der Waals surface area contributed by atoms with E-state index < -0.39 is 21.9 Å². The molecular weight excluding hydrogens is 381 g/mol. The predicted molar refractivity (Wildman–Crippen MR) is 107 cm³/mol. The number of nitrogens with one attached hydrogen (secondary N) is 1. The molecule has 0 amide bonds. The molecule has 1 aliphatic rings. The molecule has 6 nitrogen and oxygen atoms in total. The number of anilines is 1. The molecule has 0 aliphatic carbocycles. The highest BCUT2D eigenvalue weighted by Crippen LogP contribution is 2.38. The average molecular weight is 403 g/mol. The fourth-order valence-electron chi connectivity index (χ4n) is 3.62. The number of β-amino-alcohol motifs (C(OH)–C–C–N with tert-alkyl or cyclic N) is 1. The maximum Gasteiger partial charge on any atom is 0.242 e. The Bertz CT molecular complexity index is 1140. The van der Waals surface area contributed by atoms with Crippen molar-refractivity contribution in [3.63, 3.8) is 0 Å². The van der Waals surface area contributed by atoms with Gasteiger partial charge in [0.1, 0.15) is 0 Å². The summed E-state index contributed by atoms with van der Waals surface area (Å²) in [7, 11) is -0.749. The fourth-order valence-corrected chi connectivity index (χ4v) is 4.54. The molecule has 3 aromatic rings. The summed E-state index contributed by atoms with van der Waals surface area (Å²) in [4.78, 5) is 5.14. The van der Waals surface area contributed by atoms with E-state index in [1.54, 1.807) is 24.3 Å². The van der Waals surface area contributed by atoms with E-state index in [2.05, 4.69) is 4.98 Å². The molecule has 28 heavy (non-hydrogen) atoms. The van der Waals surface area contributed by atoms with Crippen molar-refractivity contribution in [2.24, 2.45) is 0 Å². The van der Waals surface area contributed by atoms with Gasteiger partial charge in [0.25, 0.3) is 0 Å². The number of aromatic nitrogens is 1. The van der Waals surface area contributed by atoms with E-state index in [0.717, 1.165) is 4.31 Å². The van der Waals surface area contributed by atoms with Gasteiger partial charge in [-0.15, -0.1) is 0 Å². The third kappa shape index (κ3) is 3.07. The van der Waals surface area contributed by atoms with Crippen LogP contribution in [0.4, 0.5) is 10.1 Å². The van der Waals surface area contributed by atoms with Gasteiger partial charge in [-0.25, -0.2) is 17.1 Å². The van der Waals surface area contributed by atoms with Crippen LogP contribution in [0.1, 0.15) is 6.42 Å². The Labute approximate surface area is 163 Å². The number of aliphatic hydroxyl groups excluding tert-OH is 1. The molecule has 1 unspecified atom stereocenters. The molecule has 8 heteroatoms. The molecule has 1 aliphatic heterocycles. The minimum Gasteiger partial charge on any atom is -0.391 e. The number of sulfonamides is 1. The van der Waals surface area contributed by atoms with Gasteiger partial charge in [-0.1, -0.05) is 12.1 Å². The normalized spacial score (nSPS) is 17.8. The van der Waals surface area contributed by atoms with E-state index in [1.807, 2.05) is 11.0 Å². The zero-order valence-electron chi connectivity index (χ0n) is 15.7. The van der Waals surface area contributed by atoms with Gasteiger partial charge in [0.2, 0.25) is 10.0 Å². The van der Waals surface area contributed by atoms with Gasteiger partial charge in [0.15, 0.2) is 5.82 Å². The molecule has 0 saturated carbocycles. The number of fused-ring (bicyclic) bond motifs is 1. The first-order valence-electron chi connectivity index (χ1n) is 9.05. The van der Waals surface area contributed by atoms with Crippen LogP contribution in [0.2, 0.25) is 0 Å². The van der Waals surface area contributed by atoms with Crippen LogP contribution < -0.4 is 4.90 Å². The van der Waals surface area contributed by atoms with Crippen LogP contribution in [-0.4, -0.2) is 56.1 Å². The third-order valence-electron chi connectivity index (χ3n) is 5.16. The van der Waals surface area contributed by atoms with Crippen LogP contribution in [0.3, 0.4) is 0 Å². The van der Waals surface area contributed by atoms with Crippen molar-refractivity contribution in [2.75, 3.05) is 32.1 Å². The summed E-state index contributed by atoms with van der Waals surface area (Å²) in [5, 5.41) is 10.4. The summed E-state index contributed by atoms with van der Waals surface area (Å²) < 4.78 is 41.6. The molecule has 0 bridgehead atoms. The minimum atomic E-state index is -3.67. The Morgan fingerprint density at radius 2 is 1.96 bits per heavy atom. The summed E-state index contributed by atoms with van der Waals surface area (Å²) in [6.45, 7) is 1.05. The zero-order valence-corrected chi connectivity index (χ0v) is 16.5. The van der Waals surface area contributed by atoms with E-state index in [-0.39, 0.29) is 10.6 Å². The minimum absolute atomic E-state index is 0.0917. The van der Waals surface area contributed by atoms with E-state index in [0.29, 0.717) is 41.7 Å². The van der Waals surface area contributed by atoms with Gasteiger partial charge in [-0.05, 0) is 36.8 Å². The number of benzene rings is 2. The van der Waals surface area contributed by atoms with Gasteiger partial charge in [-0.2, -0.15) is 0 Å². The average Bonchev–Trinajstić information content (AvgIpc) is 3.25. The monoisotopic (exact) mass is 403 g/mol. The highest BCUT2D eigenvalue weighted by atomic mass is 32.2. The SMILES string of the molecule is CN(C)S(=O)(=O)c1ccc(N2CCC(O)C2)c(-c2[nH]c3ccccc3c2F)c1. The van der Waals surface area contributed by atoms with Crippen LogP contribution in [0.25, 0.3) is 22.2 Å². The van der Waals surface area contributed by atoms with Gasteiger partial charge in [0, 0.05) is 49.3 Å². The number of hydrogen-bond acceptors (Lipinski definition) is 4. The molecule has 1 aromatic heterocycles. The first-order valence-corrected chi connectivity index (χ1v) is 10.5. The van der Waals surface area contributed by atoms with Crippen LogP contribution in [0.15, 0.2) is 47.4 Å². The molecule has 148 valence electrons. The van der Waals surface area contributed by atoms with E-state index in [1.165, 1.54) is 26.2 Å². The van der Waals surface area contributed by atoms with Gasteiger partial charge >= 0.3 is 0 Å². The smallest absolute Gasteiger partial charge is 0.242 e. The Kier molecular flexibility index (Phi) is 4.65. The number of aliphatic hydroxyl groups is 1. The Balaban J connectivity index is 1.94. The van der Waals surface area contributed by atoms with Crippen molar-refractivity contribution in [1.29, 1.82) is 0 Å². The molecule has 1 fully saturated rings. The van der Waals surface area contributed by atoms with E-state index in [4.69, 9.17) is 0 Å². The Hall–Kier alpha value is -2.42. The van der Waals surface area contributed by atoms with Crippen molar-refractivity contribution in [3.8, 4) is 11.3 Å². The maximum absolute atomic E-state index is 15.2. The van der Waals surface area contributed by atoms with Gasteiger partial charge < -0.3 is 15.0 Å². The number of hydrogen-bond donors (Lipinski definition) is 2. The number of nitrogens with zero attached hydrogens (tertiary/aromatic N) is 2. The fraction of sp³-hybridized carbons (Fsp3) is 0.300. The molecule has 2 N–H and O–H groups in total.